The van der Waals surface area contributed by atoms with Crippen molar-refractivity contribution in [1.29, 1.82) is 0 Å². The Labute approximate surface area is 164 Å². The fourth-order valence-corrected chi connectivity index (χ4v) is 4.33. The maximum atomic E-state index is 5.18. The number of imidazole rings is 1. The molecule has 1 atom stereocenters. The van der Waals surface area contributed by atoms with Gasteiger partial charge in [0.15, 0.2) is 0 Å². The van der Waals surface area contributed by atoms with Crippen LogP contribution in [0.15, 0.2) is 54.7 Å². The Hall–Kier alpha value is -3.14. The van der Waals surface area contributed by atoms with Gasteiger partial charge in [-0.25, -0.2) is 9.97 Å². The van der Waals surface area contributed by atoms with Crippen LogP contribution in [0.2, 0.25) is 0 Å². The SMILES string of the molecule is COc1ccc(-c2ccc3nc4n(c3c2)C(c2cc(C)ccc2C)CC4)cn1. The van der Waals surface area contributed by atoms with E-state index >= 15 is 0 Å². The van der Waals surface area contributed by atoms with E-state index < -0.39 is 0 Å². The van der Waals surface area contributed by atoms with Crippen LogP contribution in [0.25, 0.3) is 22.2 Å². The van der Waals surface area contributed by atoms with Crippen LogP contribution in [0.4, 0.5) is 0 Å². The molecule has 0 saturated heterocycles. The van der Waals surface area contributed by atoms with Gasteiger partial charge in [-0.15, -0.1) is 0 Å². The third-order valence-corrected chi connectivity index (χ3v) is 5.79. The van der Waals surface area contributed by atoms with Gasteiger partial charge in [-0.3, -0.25) is 0 Å². The number of ether oxygens (including phenoxy) is 1. The van der Waals surface area contributed by atoms with Crippen LogP contribution in [-0.4, -0.2) is 21.6 Å². The van der Waals surface area contributed by atoms with Gasteiger partial charge in [-0.1, -0.05) is 29.8 Å². The minimum Gasteiger partial charge on any atom is -0.481 e. The lowest BCUT2D eigenvalue weighted by molar-refractivity contribution is 0.398. The van der Waals surface area contributed by atoms with Crippen molar-refractivity contribution >= 4 is 11.0 Å². The largest absolute Gasteiger partial charge is 0.481 e. The monoisotopic (exact) mass is 369 g/mol. The molecule has 4 heteroatoms. The van der Waals surface area contributed by atoms with Gasteiger partial charge in [-0.2, -0.15) is 0 Å². The number of nitrogens with zero attached hydrogens (tertiary/aromatic N) is 3. The zero-order chi connectivity index (χ0) is 19.3. The summed E-state index contributed by atoms with van der Waals surface area (Å²) in [5.74, 6) is 1.82. The van der Waals surface area contributed by atoms with E-state index in [4.69, 9.17) is 9.72 Å². The van der Waals surface area contributed by atoms with Gasteiger partial charge in [0.05, 0.1) is 24.2 Å². The summed E-state index contributed by atoms with van der Waals surface area (Å²) in [5.41, 5.74) is 8.57. The number of pyridine rings is 1. The predicted octanol–water partition coefficient (Wildman–Crippen LogP) is 5.26. The number of hydrogen-bond acceptors (Lipinski definition) is 3. The quantitative estimate of drug-likeness (QED) is 0.494. The molecule has 0 N–H and O–H groups in total. The predicted molar refractivity (Wildman–Crippen MR) is 112 cm³/mol. The highest BCUT2D eigenvalue weighted by atomic mass is 16.5. The molecular weight excluding hydrogens is 346 g/mol. The molecule has 1 aliphatic heterocycles. The number of rotatable bonds is 3. The van der Waals surface area contributed by atoms with Crippen molar-refractivity contribution in [2.75, 3.05) is 7.11 Å². The molecule has 1 aliphatic rings. The van der Waals surface area contributed by atoms with E-state index in [9.17, 15) is 0 Å². The summed E-state index contributed by atoms with van der Waals surface area (Å²) in [6.45, 7) is 4.37. The van der Waals surface area contributed by atoms with Gasteiger partial charge >= 0.3 is 0 Å². The summed E-state index contributed by atoms with van der Waals surface area (Å²) in [6.07, 6.45) is 3.99. The maximum absolute atomic E-state index is 5.18. The Morgan fingerprint density at radius 1 is 1.00 bits per heavy atom. The molecule has 28 heavy (non-hydrogen) atoms. The highest BCUT2D eigenvalue weighted by Crippen LogP contribution is 2.38. The van der Waals surface area contributed by atoms with Crippen LogP contribution in [0, 0.1) is 13.8 Å². The maximum Gasteiger partial charge on any atom is 0.212 e. The normalized spacial score (nSPS) is 15.8. The Bertz CT molecular complexity index is 1170. The van der Waals surface area contributed by atoms with Crippen LogP contribution in [0.1, 0.15) is 35.0 Å². The standard InChI is InChI=1S/C24H23N3O/c1-15-4-5-16(2)19(12-15)21-9-10-23-26-20-8-6-17(13-22(20)27(21)23)18-7-11-24(28-3)25-14-18/h4-8,11-14,21H,9-10H2,1-3H3. The first kappa shape index (κ1) is 17.0. The number of hydrogen-bond donors (Lipinski definition) is 0. The smallest absolute Gasteiger partial charge is 0.212 e. The number of aryl methyl sites for hydroxylation is 3. The summed E-state index contributed by atoms with van der Waals surface area (Å²) < 4.78 is 7.62. The van der Waals surface area contributed by atoms with Crippen LogP contribution < -0.4 is 4.74 Å². The van der Waals surface area contributed by atoms with Crippen LogP contribution in [0.5, 0.6) is 5.88 Å². The molecule has 3 heterocycles. The fraction of sp³-hybridized carbons (Fsp3) is 0.250. The molecule has 0 aliphatic carbocycles. The molecule has 0 amide bonds. The summed E-state index contributed by atoms with van der Waals surface area (Å²) in [5, 5.41) is 0. The van der Waals surface area contributed by atoms with Crippen molar-refractivity contribution in [2.24, 2.45) is 0 Å². The van der Waals surface area contributed by atoms with Crippen LogP contribution in [-0.2, 0) is 6.42 Å². The highest BCUT2D eigenvalue weighted by molar-refractivity contribution is 5.83. The van der Waals surface area contributed by atoms with Crippen molar-refractivity contribution in [1.82, 2.24) is 14.5 Å². The van der Waals surface area contributed by atoms with Crippen LogP contribution >= 0.6 is 0 Å². The third kappa shape index (κ3) is 2.68. The molecule has 4 nitrogen and oxygen atoms in total. The van der Waals surface area contributed by atoms with Gasteiger partial charge in [0.25, 0.3) is 0 Å². The Kier molecular flexibility index (Phi) is 3.93. The molecule has 0 saturated carbocycles. The number of fused-ring (bicyclic) bond motifs is 3. The highest BCUT2D eigenvalue weighted by Gasteiger charge is 2.28. The first-order valence-corrected chi connectivity index (χ1v) is 9.72. The molecular formula is C24H23N3O. The lowest BCUT2D eigenvalue weighted by Crippen LogP contribution is -2.07. The average Bonchev–Trinajstić information content (AvgIpc) is 3.29. The Morgan fingerprint density at radius 2 is 1.86 bits per heavy atom. The third-order valence-electron chi connectivity index (χ3n) is 5.79. The van der Waals surface area contributed by atoms with Crippen molar-refractivity contribution in [3.63, 3.8) is 0 Å². The Balaban J connectivity index is 1.64. The van der Waals surface area contributed by atoms with E-state index in [2.05, 4.69) is 65.9 Å². The second kappa shape index (κ2) is 6.48. The molecule has 5 rings (SSSR count). The number of benzene rings is 2. The van der Waals surface area contributed by atoms with Gasteiger partial charge < -0.3 is 9.30 Å². The Morgan fingerprint density at radius 3 is 2.64 bits per heavy atom. The van der Waals surface area contributed by atoms with Gasteiger partial charge in [0, 0.05) is 24.2 Å². The van der Waals surface area contributed by atoms with E-state index in [1.807, 2.05) is 12.3 Å². The number of aromatic nitrogens is 3. The first-order chi connectivity index (χ1) is 13.6. The summed E-state index contributed by atoms with van der Waals surface area (Å²) in [7, 11) is 1.64. The second-order valence-corrected chi connectivity index (χ2v) is 7.61. The van der Waals surface area contributed by atoms with Crippen molar-refractivity contribution in [3.8, 4) is 17.0 Å². The molecule has 1 unspecified atom stereocenters. The molecule has 0 radical (unpaired) electrons. The zero-order valence-corrected chi connectivity index (χ0v) is 16.4. The lowest BCUT2D eigenvalue weighted by Gasteiger charge is -2.18. The van der Waals surface area contributed by atoms with E-state index in [-0.39, 0.29) is 0 Å². The van der Waals surface area contributed by atoms with Crippen LogP contribution in [0.3, 0.4) is 0 Å². The van der Waals surface area contributed by atoms with Crippen molar-refractivity contribution in [3.05, 3.63) is 77.2 Å². The van der Waals surface area contributed by atoms with Gasteiger partial charge in [-0.05, 0) is 55.2 Å². The van der Waals surface area contributed by atoms with Crippen molar-refractivity contribution in [2.45, 2.75) is 32.7 Å². The van der Waals surface area contributed by atoms with E-state index in [1.165, 1.54) is 28.0 Å². The molecule has 0 spiro atoms. The average molecular weight is 369 g/mol. The number of methoxy groups -OCH3 is 1. The molecule has 0 bridgehead atoms. The minimum atomic E-state index is 0.351. The molecule has 2 aromatic carbocycles. The minimum absolute atomic E-state index is 0.351. The first-order valence-electron chi connectivity index (χ1n) is 9.72. The topological polar surface area (TPSA) is 39.9 Å². The molecule has 4 aromatic rings. The van der Waals surface area contributed by atoms with E-state index in [1.54, 1.807) is 7.11 Å². The summed E-state index contributed by atoms with van der Waals surface area (Å²) >= 11 is 0. The lowest BCUT2D eigenvalue weighted by atomic mass is 9.97. The molecule has 0 fully saturated rings. The van der Waals surface area contributed by atoms with Crippen molar-refractivity contribution < 1.29 is 4.74 Å². The summed E-state index contributed by atoms with van der Waals surface area (Å²) in [6, 6.07) is 17.6. The van der Waals surface area contributed by atoms with E-state index in [0.717, 1.165) is 29.5 Å². The zero-order valence-electron chi connectivity index (χ0n) is 16.4. The molecule has 140 valence electrons. The molecule has 2 aromatic heterocycles. The van der Waals surface area contributed by atoms with E-state index in [0.29, 0.717) is 11.9 Å². The van der Waals surface area contributed by atoms with Gasteiger partial charge in [0.2, 0.25) is 5.88 Å². The second-order valence-electron chi connectivity index (χ2n) is 7.61. The summed E-state index contributed by atoms with van der Waals surface area (Å²) in [4.78, 5) is 9.26. The fourth-order valence-electron chi connectivity index (χ4n) is 4.33. The van der Waals surface area contributed by atoms with Gasteiger partial charge in [0.1, 0.15) is 5.82 Å².